The number of hydrogen-bond acceptors (Lipinski definition) is 3. The van der Waals surface area contributed by atoms with E-state index in [1.54, 1.807) is 6.08 Å². The van der Waals surface area contributed by atoms with Crippen LogP contribution in [0.3, 0.4) is 0 Å². The van der Waals surface area contributed by atoms with Gasteiger partial charge in [-0.3, -0.25) is 4.79 Å². The molecule has 0 bridgehead atoms. The Morgan fingerprint density at radius 2 is 2.00 bits per heavy atom. The SMILES string of the molecule is CC(C)CN(CCN(C)C)C(=O)C=Cc1cn(CCC#N)c2ccccc12. The zero-order valence-electron chi connectivity index (χ0n) is 16.9. The molecule has 0 fully saturated rings. The molecule has 1 aromatic carbocycles. The van der Waals surface area contributed by atoms with E-state index in [1.807, 2.05) is 49.5 Å². The normalized spacial score (nSPS) is 11.6. The van der Waals surface area contributed by atoms with Crippen molar-refractivity contribution in [2.75, 3.05) is 33.7 Å². The van der Waals surface area contributed by atoms with Crippen LogP contribution in [0.1, 0.15) is 25.8 Å². The fourth-order valence-electron chi connectivity index (χ4n) is 3.08. The molecular formula is C22H30N4O. The molecule has 1 amide bonds. The van der Waals surface area contributed by atoms with Crippen LogP contribution in [0, 0.1) is 17.2 Å². The minimum absolute atomic E-state index is 0.0411. The Balaban J connectivity index is 2.21. The highest BCUT2D eigenvalue weighted by Crippen LogP contribution is 2.23. The average Bonchev–Trinajstić information content (AvgIpc) is 2.99. The van der Waals surface area contributed by atoms with Crippen molar-refractivity contribution >= 4 is 22.9 Å². The van der Waals surface area contributed by atoms with Gasteiger partial charge in [-0.2, -0.15) is 5.26 Å². The predicted octanol–water partition coefficient (Wildman–Crippen LogP) is 3.61. The van der Waals surface area contributed by atoms with Gasteiger partial charge in [-0.15, -0.1) is 0 Å². The van der Waals surface area contributed by atoms with E-state index in [1.165, 1.54) is 0 Å². The van der Waals surface area contributed by atoms with Crippen LogP contribution < -0.4 is 0 Å². The Labute approximate surface area is 162 Å². The topological polar surface area (TPSA) is 52.3 Å². The Hall–Kier alpha value is -2.58. The fraction of sp³-hybridized carbons (Fsp3) is 0.455. The number of para-hydroxylation sites is 1. The summed E-state index contributed by atoms with van der Waals surface area (Å²) < 4.78 is 2.08. The smallest absolute Gasteiger partial charge is 0.246 e. The summed E-state index contributed by atoms with van der Waals surface area (Å²) in [4.78, 5) is 16.8. The Morgan fingerprint density at radius 1 is 1.26 bits per heavy atom. The van der Waals surface area contributed by atoms with Crippen LogP contribution in [0.4, 0.5) is 0 Å². The number of nitriles is 1. The number of fused-ring (bicyclic) bond motifs is 1. The van der Waals surface area contributed by atoms with Crippen molar-refractivity contribution in [3.8, 4) is 6.07 Å². The van der Waals surface area contributed by atoms with Gasteiger partial charge in [0, 0.05) is 54.9 Å². The minimum atomic E-state index is 0.0411. The molecule has 5 heteroatoms. The summed E-state index contributed by atoms with van der Waals surface area (Å²) in [6, 6.07) is 10.3. The van der Waals surface area contributed by atoms with Gasteiger partial charge < -0.3 is 14.4 Å². The van der Waals surface area contributed by atoms with E-state index in [-0.39, 0.29) is 5.91 Å². The number of aryl methyl sites for hydroxylation is 1. The summed E-state index contributed by atoms with van der Waals surface area (Å²) in [5.41, 5.74) is 2.10. The molecule has 0 atom stereocenters. The summed E-state index contributed by atoms with van der Waals surface area (Å²) in [6.45, 7) is 7.23. The van der Waals surface area contributed by atoms with Crippen LogP contribution in [0.5, 0.6) is 0 Å². The molecule has 0 saturated heterocycles. The van der Waals surface area contributed by atoms with E-state index in [0.29, 0.717) is 18.9 Å². The molecule has 1 heterocycles. The molecule has 0 spiro atoms. The molecular weight excluding hydrogens is 336 g/mol. The highest BCUT2D eigenvalue weighted by molar-refractivity contribution is 5.96. The molecule has 0 saturated carbocycles. The summed E-state index contributed by atoms with van der Waals surface area (Å²) in [7, 11) is 4.04. The van der Waals surface area contributed by atoms with Gasteiger partial charge in [-0.05, 0) is 32.2 Å². The largest absolute Gasteiger partial charge is 0.346 e. The summed E-state index contributed by atoms with van der Waals surface area (Å²) in [6.07, 6.45) is 6.07. The fourth-order valence-corrected chi connectivity index (χ4v) is 3.08. The van der Waals surface area contributed by atoms with Crippen molar-refractivity contribution in [3.05, 3.63) is 42.1 Å². The Bertz CT molecular complexity index is 826. The third kappa shape index (κ3) is 5.97. The first-order valence-corrected chi connectivity index (χ1v) is 9.49. The number of carbonyl (C=O) groups excluding carboxylic acids is 1. The third-order valence-electron chi connectivity index (χ3n) is 4.40. The number of likely N-dealkylation sites (N-methyl/N-ethyl adjacent to an activating group) is 1. The predicted molar refractivity (Wildman–Crippen MR) is 111 cm³/mol. The Kier molecular flexibility index (Phi) is 7.63. The lowest BCUT2D eigenvalue weighted by Gasteiger charge is -2.25. The van der Waals surface area contributed by atoms with Gasteiger partial charge in [0.25, 0.3) is 0 Å². The first-order chi connectivity index (χ1) is 12.9. The van der Waals surface area contributed by atoms with Crippen molar-refractivity contribution in [1.82, 2.24) is 14.4 Å². The maximum atomic E-state index is 12.8. The molecule has 0 aliphatic carbocycles. The molecule has 0 radical (unpaired) electrons. The van der Waals surface area contributed by atoms with Crippen LogP contribution in [-0.4, -0.2) is 54.0 Å². The van der Waals surface area contributed by atoms with Crippen LogP contribution in [0.2, 0.25) is 0 Å². The number of amides is 1. The Morgan fingerprint density at radius 3 is 2.67 bits per heavy atom. The number of benzene rings is 1. The second-order valence-corrected chi connectivity index (χ2v) is 7.52. The second kappa shape index (κ2) is 9.94. The van der Waals surface area contributed by atoms with Gasteiger partial charge in [0.1, 0.15) is 0 Å². The summed E-state index contributed by atoms with van der Waals surface area (Å²) >= 11 is 0. The van der Waals surface area contributed by atoms with Crippen LogP contribution >= 0.6 is 0 Å². The molecule has 0 aliphatic heterocycles. The highest BCUT2D eigenvalue weighted by Gasteiger charge is 2.13. The zero-order valence-corrected chi connectivity index (χ0v) is 16.9. The van der Waals surface area contributed by atoms with Crippen LogP contribution in [0.15, 0.2) is 36.5 Å². The standard InChI is InChI=1S/C22H30N4O/c1-18(2)16-26(15-14-24(3)4)22(27)11-10-19-17-25(13-7-12-23)21-9-6-5-8-20(19)21/h5-6,8-11,17-18H,7,13-16H2,1-4H3. The van der Waals surface area contributed by atoms with Crippen molar-refractivity contribution in [3.63, 3.8) is 0 Å². The van der Waals surface area contributed by atoms with Gasteiger partial charge in [0.2, 0.25) is 5.91 Å². The molecule has 0 N–H and O–H groups in total. The first kappa shape index (κ1) is 20.7. The lowest BCUT2D eigenvalue weighted by molar-refractivity contribution is -0.126. The maximum absolute atomic E-state index is 12.8. The summed E-state index contributed by atoms with van der Waals surface area (Å²) in [5.74, 6) is 0.469. The molecule has 2 rings (SSSR count). The van der Waals surface area contributed by atoms with Crippen molar-refractivity contribution < 1.29 is 4.79 Å². The van der Waals surface area contributed by atoms with Crippen molar-refractivity contribution in [2.24, 2.45) is 5.92 Å². The molecule has 1 aromatic heterocycles. The van der Waals surface area contributed by atoms with Gasteiger partial charge in [0.15, 0.2) is 0 Å². The second-order valence-electron chi connectivity index (χ2n) is 7.52. The molecule has 27 heavy (non-hydrogen) atoms. The molecule has 2 aromatic rings. The lowest BCUT2D eigenvalue weighted by atomic mass is 10.1. The van der Waals surface area contributed by atoms with Gasteiger partial charge >= 0.3 is 0 Å². The van der Waals surface area contributed by atoms with E-state index in [2.05, 4.69) is 35.5 Å². The molecule has 0 unspecified atom stereocenters. The number of aromatic nitrogens is 1. The minimum Gasteiger partial charge on any atom is -0.346 e. The number of rotatable bonds is 9. The van der Waals surface area contributed by atoms with Gasteiger partial charge in [-0.25, -0.2) is 0 Å². The van der Waals surface area contributed by atoms with Crippen molar-refractivity contribution in [2.45, 2.75) is 26.8 Å². The third-order valence-corrected chi connectivity index (χ3v) is 4.40. The summed E-state index contributed by atoms with van der Waals surface area (Å²) in [5, 5.41) is 9.97. The number of hydrogen-bond donors (Lipinski definition) is 0. The van der Waals surface area contributed by atoms with Crippen LogP contribution in [-0.2, 0) is 11.3 Å². The maximum Gasteiger partial charge on any atom is 0.246 e. The number of carbonyl (C=O) groups is 1. The van der Waals surface area contributed by atoms with E-state index in [0.717, 1.165) is 36.1 Å². The molecule has 144 valence electrons. The monoisotopic (exact) mass is 366 g/mol. The molecule has 0 aliphatic rings. The van der Waals surface area contributed by atoms with Gasteiger partial charge in [-0.1, -0.05) is 32.0 Å². The van der Waals surface area contributed by atoms with E-state index in [9.17, 15) is 4.79 Å². The van der Waals surface area contributed by atoms with Gasteiger partial charge in [0.05, 0.1) is 12.5 Å². The van der Waals surface area contributed by atoms with E-state index < -0.39 is 0 Å². The average molecular weight is 367 g/mol. The van der Waals surface area contributed by atoms with Crippen LogP contribution in [0.25, 0.3) is 17.0 Å². The quantitative estimate of drug-likeness (QED) is 0.637. The first-order valence-electron chi connectivity index (χ1n) is 9.49. The zero-order chi connectivity index (χ0) is 19.8. The highest BCUT2D eigenvalue weighted by atomic mass is 16.2. The van der Waals surface area contributed by atoms with E-state index in [4.69, 9.17) is 5.26 Å². The van der Waals surface area contributed by atoms with Crippen molar-refractivity contribution in [1.29, 1.82) is 5.26 Å². The molecule has 5 nitrogen and oxygen atoms in total. The van der Waals surface area contributed by atoms with E-state index >= 15 is 0 Å². The number of nitrogens with zero attached hydrogens (tertiary/aromatic N) is 4. The lowest BCUT2D eigenvalue weighted by Crippen LogP contribution is -2.38.